The fourth-order valence-electron chi connectivity index (χ4n) is 3.12. The summed E-state index contributed by atoms with van der Waals surface area (Å²) in [6.07, 6.45) is 2.30. The van der Waals surface area contributed by atoms with Crippen LogP contribution in [0.1, 0.15) is 32.6 Å². The summed E-state index contributed by atoms with van der Waals surface area (Å²) >= 11 is 0. The smallest absolute Gasteiger partial charge is 0.242 e. The van der Waals surface area contributed by atoms with Gasteiger partial charge in [-0.1, -0.05) is 0 Å². The first-order valence-corrected chi connectivity index (χ1v) is 6.41. The Kier molecular flexibility index (Phi) is 3.33. The van der Waals surface area contributed by atoms with Gasteiger partial charge in [0.15, 0.2) is 0 Å². The molecule has 1 heterocycles. The van der Waals surface area contributed by atoms with Gasteiger partial charge in [0.2, 0.25) is 11.8 Å². The minimum absolute atomic E-state index is 0.0564. The summed E-state index contributed by atoms with van der Waals surface area (Å²) < 4.78 is 0. The van der Waals surface area contributed by atoms with E-state index < -0.39 is 18.1 Å². The second kappa shape index (κ2) is 4.51. The standard InChI is InChI=1S/C12H21N3O3/c1-7(16)9(10(14)17)15-6-12(11(15)18)4-2-8(13)3-5-12/h7-9,16H,2-6,13H2,1H3,(H2,14,17)/t7-,8?,9+,12?/m1/s1. The number of aliphatic hydroxyl groups excluding tert-OH is 1. The largest absolute Gasteiger partial charge is 0.391 e. The second-order valence-electron chi connectivity index (χ2n) is 5.64. The van der Waals surface area contributed by atoms with Gasteiger partial charge in [0, 0.05) is 12.6 Å². The summed E-state index contributed by atoms with van der Waals surface area (Å²) in [6.45, 7) is 1.99. The fourth-order valence-corrected chi connectivity index (χ4v) is 3.12. The second-order valence-corrected chi connectivity index (χ2v) is 5.64. The molecule has 0 radical (unpaired) electrons. The Morgan fingerprint density at radius 1 is 1.50 bits per heavy atom. The molecule has 102 valence electrons. The molecule has 2 atom stereocenters. The summed E-state index contributed by atoms with van der Waals surface area (Å²) in [7, 11) is 0. The lowest BCUT2D eigenvalue weighted by molar-refractivity contribution is -0.175. The van der Waals surface area contributed by atoms with Crippen molar-refractivity contribution in [3.63, 3.8) is 0 Å². The first-order valence-electron chi connectivity index (χ1n) is 6.41. The van der Waals surface area contributed by atoms with E-state index in [-0.39, 0.29) is 17.4 Å². The molecule has 2 amide bonds. The molecular formula is C12H21N3O3. The number of carbonyl (C=O) groups excluding carboxylic acids is 2. The van der Waals surface area contributed by atoms with Crippen LogP contribution in [-0.2, 0) is 9.59 Å². The van der Waals surface area contributed by atoms with Crippen LogP contribution < -0.4 is 11.5 Å². The van der Waals surface area contributed by atoms with E-state index >= 15 is 0 Å². The van der Waals surface area contributed by atoms with Crippen molar-refractivity contribution >= 4 is 11.8 Å². The molecule has 5 N–H and O–H groups in total. The van der Waals surface area contributed by atoms with Crippen LogP contribution in [0.4, 0.5) is 0 Å². The first kappa shape index (κ1) is 13.3. The van der Waals surface area contributed by atoms with Crippen LogP contribution in [0.15, 0.2) is 0 Å². The van der Waals surface area contributed by atoms with Gasteiger partial charge in [0.05, 0.1) is 11.5 Å². The Bertz CT molecular complexity index is 362. The third-order valence-electron chi connectivity index (χ3n) is 4.26. The lowest BCUT2D eigenvalue weighted by atomic mass is 9.66. The number of rotatable bonds is 3. The van der Waals surface area contributed by atoms with E-state index in [1.807, 2.05) is 0 Å². The number of hydrogen-bond donors (Lipinski definition) is 3. The van der Waals surface area contributed by atoms with E-state index in [2.05, 4.69) is 0 Å². The number of hydrogen-bond acceptors (Lipinski definition) is 4. The molecule has 0 aromatic heterocycles. The molecule has 1 aliphatic carbocycles. The number of primary amides is 1. The Morgan fingerprint density at radius 3 is 2.44 bits per heavy atom. The first-order chi connectivity index (χ1) is 8.37. The number of carbonyl (C=O) groups is 2. The zero-order chi connectivity index (χ0) is 13.5. The highest BCUT2D eigenvalue weighted by molar-refractivity contribution is 5.94. The molecule has 0 unspecified atom stereocenters. The molecule has 2 fully saturated rings. The normalized spacial score (nSPS) is 35.2. The molecule has 0 aromatic rings. The Morgan fingerprint density at radius 2 is 2.06 bits per heavy atom. The van der Waals surface area contributed by atoms with Crippen molar-refractivity contribution in [2.24, 2.45) is 16.9 Å². The number of β-lactam (4-membered cyclic amide) rings is 1. The maximum atomic E-state index is 12.3. The monoisotopic (exact) mass is 255 g/mol. The van der Waals surface area contributed by atoms with Gasteiger partial charge in [-0.05, 0) is 32.6 Å². The fraction of sp³-hybridized carbons (Fsp3) is 0.833. The van der Waals surface area contributed by atoms with Crippen molar-refractivity contribution in [1.82, 2.24) is 4.90 Å². The van der Waals surface area contributed by atoms with Crippen LogP contribution in [0.5, 0.6) is 0 Å². The van der Waals surface area contributed by atoms with Gasteiger partial charge >= 0.3 is 0 Å². The molecule has 1 saturated heterocycles. The quantitative estimate of drug-likeness (QED) is 0.559. The molecule has 6 heteroatoms. The van der Waals surface area contributed by atoms with E-state index in [9.17, 15) is 14.7 Å². The molecule has 1 saturated carbocycles. The lowest BCUT2D eigenvalue weighted by Gasteiger charge is -2.54. The Hall–Kier alpha value is -1.14. The van der Waals surface area contributed by atoms with Crippen LogP contribution in [-0.4, -0.2) is 46.6 Å². The minimum atomic E-state index is -0.936. The van der Waals surface area contributed by atoms with Crippen molar-refractivity contribution in [1.29, 1.82) is 0 Å². The van der Waals surface area contributed by atoms with E-state index in [1.165, 1.54) is 11.8 Å². The zero-order valence-corrected chi connectivity index (χ0v) is 10.6. The number of likely N-dealkylation sites (tertiary alicyclic amines) is 1. The average Bonchev–Trinajstić information content (AvgIpc) is 2.30. The van der Waals surface area contributed by atoms with Crippen LogP contribution >= 0.6 is 0 Å². The number of aliphatic hydroxyl groups is 1. The molecule has 0 bridgehead atoms. The number of nitrogens with two attached hydrogens (primary N) is 2. The SMILES string of the molecule is C[C@@H](O)[C@@H](C(N)=O)N1CC2(CCC(N)CC2)C1=O. The number of nitrogens with zero attached hydrogens (tertiary/aromatic N) is 1. The van der Waals surface area contributed by atoms with Crippen LogP contribution in [0.25, 0.3) is 0 Å². The van der Waals surface area contributed by atoms with E-state index in [4.69, 9.17) is 11.5 Å². The maximum absolute atomic E-state index is 12.3. The summed E-state index contributed by atoms with van der Waals surface area (Å²) in [4.78, 5) is 25.0. The highest BCUT2D eigenvalue weighted by atomic mass is 16.3. The lowest BCUT2D eigenvalue weighted by Crippen LogP contribution is -2.69. The molecule has 1 spiro atoms. The predicted octanol–water partition coefficient (Wildman–Crippen LogP) is -1.05. The molecule has 2 aliphatic rings. The summed E-state index contributed by atoms with van der Waals surface area (Å²) in [6, 6.07) is -0.722. The minimum Gasteiger partial charge on any atom is -0.391 e. The highest BCUT2D eigenvalue weighted by Crippen LogP contribution is 2.45. The van der Waals surface area contributed by atoms with Crippen molar-refractivity contribution in [3.05, 3.63) is 0 Å². The van der Waals surface area contributed by atoms with E-state index in [1.54, 1.807) is 0 Å². The molecule has 1 aliphatic heterocycles. The van der Waals surface area contributed by atoms with Crippen LogP contribution in [0.2, 0.25) is 0 Å². The maximum Gasteiger partial charge on any atom is 0.242 e. The van der Waals surface area contributed by atoms with Gasteiger partial charge < -0.3 is 21.5 Å². The van der Waals surface area contributed by atoms with Gasteiger partial charge in [-0.3, -0.25) is 9.59 Å². The number of amides is 2. The Labute approximate surface area is 106 Å². The van der Waals surface area contributed by atoms with E-state index in [0.717, 1.165) is 25.7 Å². The van der Waals surface area contributed by atoms with Gasteiger partial charge in [-0.25, -0.2) is 0 Å². The van der Waals surface area contributed by atoms with Crippen molar-refractivity contribution < 1.29 is 14.7 Å². The van der Waals surface area contributed by atoms with Gasteiger partial charge in [-0.15, -0.1) is 0 Å². The Balaban J connectivity index is 2.05. The topological polar surface area (TPSA) is 110 Å². The summed E-state index contributed by atoms with van der Waals surface area (Å²) in [5.74, 6) is -0.709. The summed E-state index contributed by atoms with van der Waals surface area (Å²) in [5, 5.41) is 9.55. The van der Waals surface area contributed by atoms with Crippen LogP contribution in [0.3, 0.4) is 0 Å². The van der Waals surface area contributed by atoms with Gasteiger partial charge in [0.25, 0.3) is 0 Å². The molecule has 0 aromatic carbocycles. The zero-order valence-electron chi connectivity index (χ0n) is 10.6. The summed E-state index contributed by atoms with van der Waals surface area (Å²) in [5.41, 5.74) is 10.7. The molecule has 2 rings (SSSR count). The van der Waals surface area contributed by atoms with Crippen molar-refractivity contribution in [2.45, 2.75) is 50.8 Å². The molecule has 6 nitrogen and oxygen atoms in total. The molecular weight excluding hydrogens is 234 g/mol. The van der Waals surface area contributed by atoms with Gasteiger partial charge in [-0.2, -0.15) is 0 Å². The highest BCUT2D eigenvalue weighted by Gasteiger charge is 2.56. The average molecular weight is 255 g/mol. The predicted molar refractivity (Wildman–Crippen MR) is 65.3 cm³/mol. The van der Waals surface area contributed by atoms with Crippen LogP contribution in [0, 0.1) is 5.41 Å². The third-order valence-corrected chi connectivity index (χ3v) is 4.26. The van der Waals surface area contributed by atoms with E-state index in [0.29, 0.717) is 6.54 Å². The van der Waals surface area contributed by atoms with Crippen molar-refractivity contribution in [2.75, 3.05) is 6.54 Å². The van der Waals surface area contributed by atoms with Crippen molar-refractivity contribution in [3.8, 4) is 0 Å². The van der Waals surface area contributed by atoms with Gasteiger partial charge in [0.1, 0.15) is 6.04 Å². The molecule has 18 heavy (non-hydrogen) atoms. The third kappa shape index (κ3) is 1.99.